The zero-order chi connectivity index (χ0) is 17.4. The molecule has 0 amide bonds. The standard InChI is InChI=1S/C14H12F2N2O4S/c1-9-8-10(18(19)20)6-7-13(9)23(21,22)17(2)14-11(15)4-3-5-12(14)16/h3-8H,1-2H3. The van der Waals surface area contributed by atoms with Crippen molar-refractivity contribution in [1.82, 2.24) is 0 Å². The topological polar surface area (TPSA) is 80.5 Å². The van der Waals surface area contributed by atoms with Crippen molar-refractivity contribution in [2.24, 2.45) is 0 Å². The van der Waals surface area contributed by atoms with E-state index in [1.807, 2.05) is 0 Å². The molecule has 0 heterocycles. The Labute approximate surface area is 131 Å². The minimum Gasteiger partial charge on any atom is -0.263 e. The third-order valence-corrected chi connectivity index (χ3v) is 5.18. The van der Waals surface area contributed by atoms with Crippen molar-refractivity contribution < 1.29 is 22.1 Å². The quantitative estimate of drug-likeness (QED) is 0.632. The average Bonchev–Trinajstić information content (AvgIpc) is 2.46. The minimum atomic E-state index is -4.28. The van der Waals surface area contributed by atoms with Crippen molar-refractivity contribution >= 4 is 21.4 Å². The maximum Gasteiger partial charge on any atom is 0.269 e. The number of nitro benzene ring substituents is 1. The van der Waals surface area contributed by atoms with Crippen molar-refractivity contribution in [3.63, 3.8) is 0 Å². The van der Waals surface area contributed by atoms with E-state index in [4.69, 9.17) is 0 Å². The summed E-state index contributed by atoms with van der Waals surface area (Å²) in [5.74, 6) is -2.06. The molecule has 0 radical (unpaired) electrons. The Kier molecular flexibility index (Phi) is 4.33. The lowest BCUT2D eigenvalue weighted by Gasteiger charge is -2.21. The summed E-state index contributed by atoms with van der Waals surface area (Å²) in [5.41, 5.74) is -0.894. The number of benzene rings is 2. The molecule has 0 aliphatic rings. The Bertz CT molecular complexity index is 864. The zero-order valence-corrected chi connectivity index (χ0v) is 13.0. The fourth-order valence-electron chi connectivity index (χ4n) is 2.09. The van der Waals surface area contributed by atoms with Gasteiger partial charge in [0.2, 0.25) is 0 Å². The monoisotopic (exact) mass is 342 g/mol. The number of halogens is 2. The molecule has 0 aromatic heterocycles. The molecule has 0 N–H and O–H groups in total. The molecule has 0 bridgehead atoms. The first-order valence-corrected chi connectivity index (χ1v) is 7.78. The number of nitro groups is 1. The summed E-state index contributed by atoms with van der Waals surface area (Å²) in [7, 11) is -3.27. The molecule has 0 fully saturated rings. The van der Waals surface area contributed by atoms with E-state index in [1.165, 1.54) is 6.92 Å². The molecule has 122 valence electrons. The average molecular weight is 342 g/mol. The van der Waals surface area contributed by atoms with Gasteiger partial charge >= 0.3 is 0 Å². The molecule has 0 unspecified atom stereocenters. The van der Waals surface area contributed by atoms with Crippen LogP contribution in [0.25, 0.3) is 0 Å². The molecule has 2 rings (SSSR count). The van der Waals surface area contributed by atoms with E-state index in [0.29, 0.717) is 4.31 Å². The van der Waals surface area contributed by atoms with Crippen LogP contribution in [-0.4, -0.2) is 20.4 Å². The van der Waals surface area contributed by atoms with Gasteiger partial charge in [-0.15, -0.1) is 0 Å². The predicted octanol–water partition coefficient (Wildman–Crippen LogP) is 3.01. The highest BCUT2D eigenvalue weighted by molar-refractivity contribution is 7.92. The van der Waals surface area contributed by atoms with E-state index in [0.717, 1.165) is 43.4 Å². The van der Waals surface area contributed by atoms with Crippen LogP contribution in [0.3, 0.4) is 0 Å². The number of para-hydroxylation sites is 1. The van der Waals surface area contributed by atoms with E-state index in [2.05, 4.69) is 0 Å². The molecule has 6 nitrogen and oxygen atoms in total. The van der Waals surface area contributed by atoms with Gasteiger partial charge in [0.15, 0.2) is 11.6 Å². The Morgan fingerprint density at radius 2 is 1.70 bits per heavy atom. The van der Waals surface area contributed by atoms with Gasteiger partial charge < -0.3 is 0 Å². The Balaban J connectivity index is 2.56. The summed E-state index contributed by atoms with van der Waals surface area (Å²) in [6.07, 6.45) is 0. The van der Waals surface area contributed by atoms with Crippen LogP contribution in [-0.2, 0) is 10.0 Å². The van der Waals surface area contributed by atoms with E-state index in [-0.39, 0.29) is 16.1 Å². The molecular weight excluding hydrogens is 330 g/mol. The Morgan fingerprint density at radius 1 is 1.13 bits per heavy atom. The molecule has 0 aliphatic carbocycles. The smallest absolute Gasteiger partial charge is 0.263 e. The molecule has 0 atom stereocenters. The van der Waals surface area contributed by atoms with Gasteiger partial charge in [0, 0.05) is 19.2 Å². The summed E-state index contributed by atoms with van der Waals surface area (Å²) in [5, 5.41) is 10.7. The number of hydrogen-bond acceptors (Lipinski definition) is 4. The molecular formula is C14H12F2N2O4S. The molecule has 0 saturated heterocycles. The maximum atomic E-state index is 13.8. The maximum absolute atomic E-state index is 13.8. The molecule has 0 saturated carbocycles. The zero-order valence-electron chi connectivity index (χ0n) is 12.2. The summed E-state index contributed by atoms with van der Waals surface area (Å²) in [4.78, 5) is 9.77. The second-order valence-electron chi connectivity index (χ2n) is 4.75. The van der Waals surface area contributed by atoms with Gasteiger partial charge in [0.25, 0.3) is 15.7 Å². The normalized spacial score (nSPS) is 11.3. The largest absolute Gasteiger partial charge is 0.269 e. The third kappa shape index (κ3) is 3.00. The highest BCUT2D eigenvalue weighted by Crippen LogP contribution is 2.30. The minimum absolute atomic E-state index is 0.0998. The van der Waals surface area contributed by atoms with Crippen LogP contribution in [0.1, 0.15) is 5.56 Å². The van der Waals surface area contributed by atoms with Crippen LogP contribution in [0.2, 0.25) is 0 Å². The number of rotatable bonds is 4. The predicted molar refractivity (Wildman–Crippen MR) is 79.8 cm³/mol. The van der Waals surface area contributed by atoms with Gasteiger partial charge in [-0.3, -0.25) is 14.4 Å². The molecule has 0 spiro atoms. The fourth-order valence-corrected chi connectivity index (χ4v) is 3.51. The van der Waals surface area contributed by atoms with E-state index in [1.54, 1.807) is 0 Å². The number of sulfonamides is 1. The van der Waals surface area contributed by atoms with Crippen LogP contribution in [0.15, 0.2) is 41.3 Å². The SMILES string of the molecule is Cc1cc([N+](=O)[O-])ccc1S(=O)(=O)N(C)c1c(F)cccc1F. The summed E-state index contributed by atoms with van der Waals surface area (Å²) < 4.78 is 53.2. The Morgan fingerprint density at radius 3 is 2.17 bits per heavy atom. The van der Waals surface area contributed by atoms with Crippen molar-refractivity contribution in [3.05, 3.63) is 63.7 Å². The number of non-ortho nitro benzene ring substituents is 1. The highest BCUT2D eigenvalue weighted by Gasteiger charge is 2.28. The first kappa shape index (κ1) is 16.8. The first-order chi connectivity index (χ1) is 10.7. The summed E-state index contributed by atoms with van der Waals surface area (Å²) >= 11 is 0. The van der Waals surface area contributed by atoms with Crippen LogP contribution in [0, 0.1) is 28.7 Å². The molecule has 23 heavy (non-hydrogen) atoms. The van der Waals surface area contributed by atoms with Gasteiger partial charge in [0.1, 0.15) is 5.69 Å². The second kappa shape index (κ2) is 5.92. The van der Waals surface area contributed by atoms with Gasteiger partial charge in [0.05, 0.1) is 9.82 Å². The van der Waals surface area contributed by atoms with Gasteiger partial charge in [-0.1, -0.05) is 6.07 Å². The van der Waals surface area contributed by atoms with Crippen molar-refractivity contribution in [1.29, 1.82) is 0 Å². The van der Waals surface area contributed by atoms with Crippen molar-refractivity contribution in [2.45, 2.75) is 11.8 Å². The molecule has 9 heteroatoms. The third-order valence-electron chi connectivity index (χ3n) is 3.26. The number of nitrogens with zero attached hydrogens (tertiary/aromatic N) is 2. The Hall–Kier alpha value is -2.55. The number of hydrogen-bond donors (Lipinski definition) is 0. The van der Waals surface area contributed by atoms with E-state index < -0.39 is 32.3 Å². The summed E-state index contributed by atoms with van der Waals surface area (Å²) in [6.45, 7) is 1.37. The number of aryl methyl sites for hydroxylation is 1. The van der Waals surface area contributed by atoms with Gasteiger partial charge in [-0.25, -0.2) is 17.2 Å². The highest BCUT2D eigenvalue weighted by atomic mass is 32.2. The lowest BCUT2D eigenvalue weighted by atomic mass is 10.2. The van der Waals surface area contributed by atoms with Crippen LogP contribution < -0.4 is 4.31 Å². The van der Waals surface area contributed by atoms with Crippen molar-refractivity contribution in [2.75, 3.05) is 11.4 Å². The summed E-state index contributed by atoms with van der Waals surface area (Å²) in [6, 6.07) is 6.13. The molecule has 0 aliphatic heterocycles. The molecule has 2 aromatic carbocycles. The van der Waals surface area contributed by atoms with E-state index in [9.17, 15) is 27.3 Å². The second-order valence-corrected chi connectivity index (χ2v) is 6.69. The lowest BCUT2D eigenvalue weighted by molar-refractivity contribution is -0.385. The van der Waals surface area contributed by atoms with Gasteiger partial charge in [-0.2, -0.15) is 0 Å². The fraction of sp³-hybridized carbons (Fsp3) is 0.143. The van der Waals surface area contributed by atoms with Crippen LogP contribution >= 0.6 is 0 Å². The molecule has 2 aromatic rings. The van der Waals surface area contributed by atoms with Crippen LogP contribution in [0.5, 0.6) is 0 Å². The van der Waals surface area contributed by atoms with Gasteiger partial charge in [-0.05, 0) is 30.7 Å². The van der Waals surface area contributed by atoms with Crippen LogP contribution in [0.4, 0.5) is 20.2 Å². The first-order valence-electron chi connectivity index (χ1n) is 6.34. The van der Waals surface area contributed by atoms with E-state index >= 15 is 0 Å². The number of anilines is 1. The lowest BCUT2D eigenvalue weighted by Crippen LogP contribution is -2.29. The van der Waals surface area contributed by atoms with Crippen molar-refractivity contribution in [3.8, 4) is 0 Å².